The number of nitrogens with zero attached hydrogens (tertiary/aromatic N) is 4. The smallest absolute Gasteiger partial charge is 0.282 e. The van der Waals surface area contributed by atoms with E-state index in [0.717, 1.165) is 16.8 Å². The maximum absolute atomic E-state index is 12.7. The van der Waals surface area contributed by atoms with Gasteiger partial charge in [0.2, 0.25) is 0 Å². The van der Waals surface area contributed by atoms with Crippen molar-refractivity contribution >= 4 is 27.8 Å². The molecule has 1 fully saturated rings. The summed E-state index contributed by atoms with van der Waals surface area (Å²) in [6.07, 6.45) is 10.7. The van der Waals surface area contributed by atoms with Gasteiger partial charge in [0, 0.05) is 27.9 Å². The van der Waals surface area contributed by atoms with Gasteiger partial charge in [0.05, 0.1) is 11.6 Å². The van der Waals surface area contributed by atoms with Gasteiger partial charge in [-0.25, -0.2) is 4.98 Å². The Morgan fingerprint density at radius 3 is 2.78 bits per heavy atom. The van der Waals surface area contributed by atoms with Crippen LogP contribution in [0.25, 0.3) is 10.2 Å². The van der Waals surface area contributed by atoms with E-state index in [-0.39, 0.29) is 5.56 Å². The van der Waals surface area contributed by atoms with Crippen molar-refractivity contribution in [2.24, 2.45) is 5.10 Å². The van der Waals surface area contributed by atoms with E-state index < -0.39 is 0 Å². The van der Waals surface area contributed by atoms with Crippen LogP contribution in [0.5, 0.6) is 0 Å². The Bertz CT molecular complexity index is 1050. The average molecular weight is 383 g/mol. The Morgan fingerprint density at radius 2 is 2.04 bits per heavy atom. The first kappa shape index (κ1) is 18.2. The highest BCUT2D eigenvalue weighted by atomic mass is 32.1. The quantitative estimate of drug-likeness (QED) is 0.607. The number of thiophene rings is 1. The van der Waals surface area contributed by atoms with Crippen LogP contribution < -0.4 is 5.56 Å². The molecule has 0 unspecified atom stereocenters. The molecule has 4 rings (SSSR count). The van der Waals surface area contributed by atoms with Gasteiger partial charge in [0.1, 0.15) is 11.2 Å². The Labute approximate surface area is 163 Å². The lowest BCUT2D eigenvalue weighted by Gasteiger charge is -2.26. The van der Waals surface area contributed by atoms with Crippen molar-refractivity contribution in [3.05, 3.63) is 50.6 Å². The van der Waals surface area contributed by atoms with Crippen molar-refractivity contribution in [3.63, 3.8) is 0 Å². The zero-order valence-electron chi connectivity index (χ0n) is 16.2. The van der Waals surface area contributed by atoms with E-state index in [1.54, 1.807) is 17.6 Å². The summed E-state index contributed by atoms with van der Waals surface area (Å²) in [6.45, 7) is 6.40. The summed E-state index contributed by atoms with van der Waals surface area (Å²) < 4.78 is 3.80. The lowest BCUT2D eigenvalue weighted by Crippen LogP contribution is -2.16. The second-order valence-electron chi connectivity index (χ2n) is 7.41. The third-order valence-electron chi connectivity index (χ3n) is 5.62. The van der Waals surface area contributed by atoms with Crippen LogP contribution in [0, 0.1) is 13.8 Å². The highest BCUT2D eigenvalue weighted by Gasteiger charge is 2.19. The van der Waals surface area contributed by atoms with Crippen LogP contribution in [0.4, 0.5) is 0 Å². The summed E-state index contributed by atoms with van der Waals surface area (Å²) in [5, 5.41) is 5.09. The fourth-order valence-corrected chi connectivity index (χ4v) is 5.10. The number of rotatable bonds is 4. The van der Waals surface area contributed by atoms with Crippen molar-refractivity contribution in [3.8, 4) is 0 Å². The van der Waals surface area contributed by atoms with Gasteiger partial charge >= 0.3 is 0 Å². The Kier molecular flexibility index (Phi) is 5.00. The fraction of sp³-hybridized carbons (Fsp3) is 0.476. The fourth-order valence-electron chi connectivity index (χ4n) is 4.18. The molecule has 0 amide bonds. The largest absolute Gasteiger partial charge is 0.345 e. The van der Waals surface area contributed by atoms with E-state index in [1.165, 1.54) is 59.4 Å². The highest BCUT2D eigenvalue weighted by molar-refractivity contribution is 7.18. The van der Waals surface area contributed by atoms with E-state index in [0.29, 0.717) is 11.4 Å². The molecule has 0 aromatic carbocycles. The number of hydrogen-bond donors (Lipinski definition) is 0. The van der Waals surface area contributed by atoms with Gasteiger partial charge in [-0.05, 0) is 45.2 Å². The molecule has 3 aromatic rings. The zero-order chi connectivity index (χ0) is 19.0. The summed E-state index contributed by atoms with van der Waals surface area (Å²) in [5.41, 5.74) is 3.47. The van der Waals surface area contributed by atoms with Crippen LogP contribution in [0.15, 0.2) is 28.4 Å². The highest BCUT2D eigenvalue weighted by Crippen LogP contribution is 2.31. The van der Waals surface area contributed by atoms with Crippen LogP contribution >= 0.6 is 11.3 Å². The minimum atomic E-state index is -0.103. The molecule has 0 radical (unpaired) electrons. The number of aryl methyl sites for hydroxylation is 2. The van der Waals surface area contributed by atoms with Gasteiger partial charge in [0.25, 0.3) is 5.56 Å². The molecule has 0 aliphatic heterocycles. The predicted octanol–water partition coefficient (Wildman–Crippen LogP) is 4.83. The van der Waals surface area contributed by atoms with Gasteiger partial charge in [-0.15, -0.1) is 11.3 Å². The lowest BCUT2D eigenvalue weighted by molar-refractivity contribution is 0.346. The molecule has 1 aliphatic carbocycles. The molecule has 1 aliphatic rings. The summed E-state index contributed by atoms with van der Waals surface area (Å²) in [4.78, 5) is 19.1. The normalized spacial score (nSPS) is 16.0. The van der Waals surface area contributed by atoms with Crippen molar-refractivity contribution in [2.75, 3.05) is 0 Å². The van der Waals surface area contributed by atoms with Crippen LogP contribution in [0.2, 0.25) is 0 Å². The van der Waals surface area contributed by atoms with Gasteiger partial charge in [-0.3, -0.25) is 4.79 Å². The summed E-state index contributed by atoms with van der Waals surface area (Å²) in [7, 11) is 0. The molecular formula is C21H26N4OS. The number of hydrogen-bond acceptors (Lipinski definition) is 4. The minimum absolute atomic E-state index is 0.103. The summed E-state index contributed by atoms with van der Waals surface area (Å²) in [6, 6.07) is 4.71. The molecule has 0 saturated heterocycles. The summed E-state index contributed by atoms with van der Waals surface area (Å²) >= 11 is 1.58. The maximum atomic E-state index is 12.7. The van der Waals surface area contributed by atoms with E-state index in [2.05, 4.69) is 41.5 Å². The predicted molar refractivity (Wildman–Crippen MR) is 112 cm³/mol. The SMILES string of the molecule is CCc1cc2c(=O)n(/N=C\c3cc(C)n(C4CCCCC4)c3C)cnc2s1. The third-order valence-corrected chi connectivity index (χ3v) is 6.81. The molecule has 0 atom stereocenters. The first-order valence-corrected chi connectivity index (χ1v) is 10.6. The Balaban J connectivity index is 1.66. The van der Waals surface area contributed by atoms with E-state index >= 15 is 0 Å². The van der Waals surface area contributed by atoms with E-state index in [9.17, 15) is 4.79 Å². The van der Waals surface area contributed by atoms with E-state index in [1.807, 2.05) is 6.07 Å². The van der Waals surface area contributed by atoms with Crippen molar-refractivity contribution < 1.29 is 0 Å². The molecule has 6 heteroatoms. The number of fused-ring (bicyclic) bond motifs is 1. The van der Waals surface area contributed by atoms with Crippen LogP contribution in [0.1, 0.15) is 66.9 Å². The molecule has 3 heterocycles. The molecule has 1 saturated carbocycles. The second-order valence-corrected chi connectivity index (χ2v) is 8.53. The third kappa shape index (κ3) is 3.38. The molecule has 0 spiro atoms. The van der Waals surface area contributed by atoms with E-state index in [4.69, 9.17) is 0 Å². The van der Waals surface area contributed by atoms with Crippen molar-refractivity contribution in [2.45, 2.75) is 65.3 Å². The molecule has 27 heavy (non-hydrogen) atoms. The standard InChI is InChI=1S/C21H26N4OS/c1-4-18-11-19-20(27-18)22-13-24(21(19)26)23-12-16-10-14(2)25(15(16)3)17-8-6-5-7-9-17/h10-13,17H,4-9H2,1-3H3/b23-12-. The maximum Gasteiger partial charge on any atom is 0.282 e. The monoisotopic (exact) mass is 382 g/mol. The molecule has 0 bridgehead atoms. The molecular weight excluding hydrogens is 356 g/mol. The zero-order valence-corrected chi connectivity index (χ0v) is 17.1. The first-order chi connectivity index (χ1) is 13.1. The van der Waals surface area contributed by atoms with Crippen LogP contribution in [0.3, 0.4) is 0 Å². The van der Waals surface area contributed by atoms with Gasteiger partial charge in [-0.1, -0.05) is 26.2 Å². The lowest BCUT2D eigenvalue weighted by atomic mass is 9.95. The van der Waals surface area contributed by atoms with Crippen molar-refractivity contribution in [1.82, 2.24) is 14.2 Å². The minimum Gasteiger partial charge on any atom is -0.345 e. The van der Waals surface area contributed by atoms with Crippen molar-refractivity contribution in [1.29, 1.82) is 0 Å². The van der Waals surface area contributed by atoms with Crippen LogP contribution in [-0.4, -0.2) is 20.4 Å². The first-order valence-electron chi connectivity index (χ1n) is 9.81. The Morgan fingerprint density at radius 1 is 1.26 bits per heavy atom. The molecule has 5 nitrogen and oxygen atoms in total. The van der Waals surface area contributed by atoms with Gasteiger partial charge in [-0.2, -0.15) is 9.78 Å². The molecule has 142 valence electrons. The second kappa shape index (κ2) is 7.43. The topological polar surface area (TPSA) is 52.2 Å². The number of aromatic nitrogens is 3. The van der Waals surface area contributed by atoms with Gasteiger partial charge in [0.15, 0.2) is 0 Å². The molecule has 3 aromatic heterocycles. The average Bonchev–Trinajstić information content (AvgIpc) is 3.23. The Hall–Kier alpha value is -2.21. The van der Waals surface area contributed by atoms with Crippen LogP contribution in [-0.2, 0) is 6.42 Å². The van der Waals surface area contributed by atoms with Gasteiger partial charge < -0.3 is 4.57 Å². The molecule has 0 N–H and O–H groups in total. The summed E-state index contributed by atoms with van der Waals surface area (Å²) in [5.74, 6) is 0.